The Balaban J connectivity index is 1.43. The zero-order valence-electron chi connectivity index (χ0n) is 15.6. The maximum Gasteiger partial charge on any atom is 0.128 e. The van der Waals surface area contributed by atoms with Crippen LogP contribution in [0.25, 0.3) is 0 Å². The molecule has 1 N–H and O–H groups in total. The van der Waals surface area contributed by atoms with Gasteiger partial charge in [-0.1, -0.05) is 12.1 Å². The van der Waals surface area contributed by atoms with Gasteiger partial charge < -0.3 is 14.6 Å². The van der Waals surface area contributed by atoms with Crippen molar-refractivity contribution in [1.82, 2.24) is 19.5 Å². The third kappa shape index (κ3) is 4.01. The van der Waals surface area contributed by atoms with Crippen molar-refractivity contribution >= 4 is 5.82 Å². The number of aliphatic hydroxyl groups excluding tert-OH is 1. The van der Waals surface area contributed by atoms with E-state index in [1.807, 2.05) is 36.7 Å². The summed E-state index contributed by atoms with van der Waals surface area (Å²) in [5, 5.41) is 9.77. The first-order valence-electron chi connectivity index (χ1n) is 9.50. The Labute approximate surface area is 159 Å². The Hall–Kier alpha value is -2.73. The Morgan fingerprint density at radius 3 is 2.74 bits per heavy atom. The Kier molecular flexibility index (Phi) is 5.16. The maximum atomic E-state index is 9.77. The van der Waals surface area contributed by atoms with Crippen molar-refractivity contribution in [3.05, 3.63) is 72.2 Å². The highest BCUT2D eigenvalue weighted by Crippen LogP contribution is 2.29. The van der Waals surface area contributed by atoms with E-state index in [4.69, 9.17) is 0 Å². The molecule has 0 aromatic carbocycles. The quantitative estimate of drug-likeness (QED) is 0.754. The number of aliphatic hydroxyl groups is 1. The molecule has 0 spiro atoms. The third-order valence-corrected chi connectivity index (χ3v) is 5.19. The highest BCUT2D eigenvalue weighted by molar-refractivity contribution is 5.40. The molecule has 0 bridgehead atoms. The molecule has 27 heavy (non-hydrogen) atoms. The number of hydrogen-bond acceptors (Lipinski definition) is 5. The minimum absolute atomic E-state index is 0.452. The normalized spacial score (nSPS) is 16.4. The van der Waals surface area contributed by atoms with Crippen molar-refractivity contribution in [2.45, 2.75) is 38.3 Å². The molecular weight excluding hydrogens is 338 g/mol. The predicted molar refractivity (Wildman–Crippen MR) is 105 cm³/mol. The molecule has 6 heteroatoms. The van der Waals surface area contributed by atoms with Gasteiger partial charge in [0.05, 0.1) is 18.3 Å². The average molecular weight is 363 g/mol. The number of rotatable bonds is 5. The summed E-state index contributed by atoms with van der Waals surface area (Å²) in [5.41, 5.74) is 1.91. The summed E-state index contributed by atoms with van der Waals surface area (Å²) in [4.78, 5) is 15.8. The molecule has 1 aliphatic rings. The molecular formula is C21H25N5O. The molecule has 0 unspecified atom stereocenters. The van der Waals surface area contributed by atoms with Crippen molar-refractivity contribution in [3.63, 3.8) is 0 Å². The van der Waals surface area contributed by atoms with Crippen LogP contribution in [-0.4, -0.2) is 37.7 Å². The van der Waals surface area contributed by atoms with Crippen LogP contribution in [0.1, 0.15) is 48.9 Å². The molecule has 4 heterocycles. The van der Waals surface area contributed by atoms with Gasteiger partial charge in [0.25, 0.3) is 0 Å². The highest BCUT2D eigenvalue weighted by atomic mass is 16.3. The molecule has 0 saturated carbocycles. The molecule has 4 rings (SSSR count). The van der Waals surface area contributed by atoms with Crippen molar-refractivity contribution < 1.29 is 5.11 Å². The zero-order chi connectivity index (χ0) is 18.6. The van der Waals surface area contributed by atoms with E-state index in [1.54, 1.807) is 13.1 Å². The number of piperidine rings is 1. The molecule has 3 aromatic heterocycles. The second-order valence-electron chi connectivity index (χ2n) is 7.13. The van der Waals surface area contributed by atoms with Crippen LogP contribution in [0.4, 0.5) is 5.82 Å². The topological polar surface area (TPSA) is 67.1 Å². The smallest absolute Gasteiger partial charge is 0.128 e. The second-order valence-corrected chi connectivity index (χ2v) is 7.13. The average Bonchev–Trinajstić information content (AvgIpc) is 3.17. The Bertz CT molecular complexity index is 869. The SMILES string of the molecule is C[C@H](O)c1cccc(N2CCC(c3nccn3Cc3cccnc3)CC2)n1. The third-order valence-electron chi connectivity index (χ3n) is 5.19. The lowest BCUT2D eigenvalue weighted by molar-refractivity contribution is 0.194. The van der Waals surface area contributed by atoms with Gasteiger partial charge in [0.15, 0.2) is 0 Å². The Morgan fingerprint density at radius 2 is 2.00 bits per heavy atom. The van der Waals surface area contributed by atoms with E-state index in [0.717, 1.165) is 49.8 Å². The highest BCUT2D eigenvalue weighted by Gasteiger charge is 2.25. The molecule has 1 atom stereocenters. The fourth-order valence-electron chi connectivity index (χ4n) is 3.72. The van der Waals surface area contributed by atoms with E-state index in [0.29, 0.717) is 5.92 Å². The van der Waals surface area contributed by atoms with E-state index in [-0.39, 0.29) is 0 Å². The molecule has 6 nitrogen and oxygen atoms in total. The molecule has 140 valence electrons. The summed E-state index contributed by atoms with van der Waals surface area (Å²) < 4.78 is 2.24. The van der Waals surface area contributed by atoms with E-state index in [2.05, 4.69) is 36.7 Å². The first-order valence-corrected chi connectivity index (χ1v) is 9.50. The van der Waals surface area contributed by atoms with Gasteiger partial charge in [-0.25, -0.2) is 9.97 Å². The second kappa shape index (κ2) is 7.88. The minimum atomic E-state index is -0.539. The monoisotopic (exact) mass is 363 g/mol. The van der Waals surface area contributed by atoms with Crippen molar-refractivity contribution in [1.29, 1.82) is 0 Å². The predicted octanol–water partition coefficient (Wildman–Crippen LogP) is 3.16. The van der Waals surface area contributed by atoms with Crippen LogP contribution in [0.15, 0.2) is 55.1 Å². The number of imidazole rings is 1. The van der Waals surface area contributed by atoms with Gasteiger partial charge in [0.1, 0.15) is 11.6 Å². The summed E-state index contributed by atoms with van der Waals surface area (Å²) in [6.07, 6.45) is 9.22. The van der Waals surface area contributed by atoms with Gasteiger partial charge in [0.2, 0.25) is 0 Å². The van der Waals surface area contributed by atoms with Crippen LogP contribution in [-0.2, 0) is 6.54 Å². The zero-order valence-corrected chi connectivity index (χ0v) is 15.6. The lowest BCUT2D eigenvalue weighted by Crippen LogP contribution is -2.34. The summed E-state index contributed by atoms with van der Waals surface area (Å²) in [7, 11) is 0. The molecule has 0 amide bonds. The minimum Gasteiger partial charge on any atom is -0.387 e. The molecule has 1 fully saturated rings. The first-order chi connectivity index (χ1) is 13.2. The molecule has 3 aromatic rings. The lowest BCUT2D eigenvalue weighted by Gasteiger charge is -2.33. The summed E-state index contributed by atoms with van der Waals surface area (Å²) in [6, 6.07) is 9.93. The van der Waals surface area contributed by atoms with Crippen molar-refractivity contribution in [2.75, 3.05) is 18.0 Å². The fraction of sp³-hybridized carbons (Fsp3) is 0.381. The molecule has 1 saturated heterocycles. The van der Waals surface area contributed by atoms with Crippen LogP contribution >= 0.6 is 0 Å². The van der Waals surface area contributed by atoms with Crippen LogP contribution < -0.4 is 4.90 Å². The van der Waals surface area contributed by atoms with E-state index < -0.39 is 6.10 Å². The molecule has 0 radical (unpaired) electrons. The fourth-order valence-corrected chi connectivity index (χ4v) is 3.72. The van der Waals surface area contributed by atoms with E-state index in [9.17, 15) is 5.11 Å². The van der Waals surface area contributed by atoms with Gasteiger partial charge in [0, 0.05) is 43.8 Å². The van der Waals surface area contributed by atoms with Crippen LogP contribution in [0.5, 0.6) is 0 Å². The van der Waals surface area contributed by atoms with Gasteiger partial charge in [-0.3, -0.25) is 4.98 Å². The van der Waals surface area contributed by atoms with Crippen molar-refractivity contribution in [3.8, 4) is 0 Å². The maximum absolute atomic E-state index is 9.77. The van der Waals surface area contributed by atoms with Crippen LogP contribution in [0, 0.1) is 0 Å². The number of aromatic nitrogens is 4. The number of anilines is 1. The van der Waals surface area contributed by atoms with Gasteiger partial charge in [-0.2, -0.15) is 0 Å². The van der Waals surface area contributed by atoms with Gasteiger partial charge in [-0.05, 0) is 43.5 Å². The lowest BCUT2D eigenvalue weighted by atomic mass is 9.95. The number of pyridine rings is 2. The van der Waals surface area contributed by atoms with Gasteiger partial charge >= 0.3 is 0 Å². The molecule has 0 aliphatic carbocycles. The van der Waals surface area contributed by atoms with Crippen molar-refractivity contribution in [2.24, 2.45) is 0 Å². The summed E-state index contributed by atoms with van der Waals surface area (Å²) in [5.74, 6) is 2.56. The Morgan fingerprint density at radius 1 is 1.15 bits per heavy atom. The number of hydrogen-bond donors (Lipinski definition) is 1. The first kappa shape index (κ1) is 17.7. The van der Waals surface area contributed by atoms with Gasteiger partial charge in [-0.15, -0.1) is 0 Å². The summed E-state index contributed by atoms with van der Waals surface area (Å²) in [6.45, 7) is 4.45. The standard InChI is InChI=1S/C21H25N5O/c1-16(27)19-5-2-6-20(24-19)25-11-7-18(8-12-25)21-23-10-13-26(21)15-17-4-3-9-22-14-17/h2-6,9-10,13-14,16,18,27H,7-8,11-12,15H2,1H3/t16-/m0/s1. The van der Waals surface area contributed by atoms with Crippen LogP contribution in [0.2, 0.25) is 0 Å². The largest absolute Gasteiger partial charge is 0.387 e. The molecule has 1 aliphatic heterocycles. The number of nitrogens with zero attached hydrogens (tertiary/aromatic N) is 5. The summed E-state index contributed by atoms with van der Waals surface area (Å²) >= 11 is 0. The van der Waals surface area contributed by atoms with Crippen LogP contribution in [0.3, 0.4) is 0 Å². The van der Waals surface area contributed by atoms with E-state index in [1.165, 1.54) is 5.56 Å². The van der Waals surface area contributed by atoms with E-state index >= 15 is 0 Å².